The molecular weight excluding hydrogens is 216 g/mol. The fourth-order valence-electron chi connectivity index (χ4n) is 2.10. The van der Waals surface area contributed by atoms with E-state index in [1.54, 1.807) is 12.3 Å². The first-order valence-electron chi connectivity index (χ1n) is 5.76. The average molecular weight is 234 g/mol. The van der Waals surface area contributed by atoms with Crippen molar-refractivity contribution in [2.75, 3.05) is 18.5 Å². The van der Waals surface area contributed by atoms with Gasteiger partial charge in [0.05, 0.1) is 6.10 Å². The fourth-order valence-corrected chi connectivity index (χ4v) is 2.10. The number of hydrogen-bond donors (Lipinski definition) is 3. The standard InChI is InChI=1S/C12H18N4O/c1-16(7-8-4-10(17)5-8)11-3-2-9(6-15-11)12(13)14/h2-3,6,8,10,17H,4-5,7H2,1H3,(H3,13,14). The predicted molar refractivity (Wildman–Crippen MR) is 67.3 cm³/mol. The van der Waals surface area contributed by atoms with Gasteiger partial charge >= 0.3 is 0 Å². The van der Waals surface area contributed by atoms with Gasteiger partial charge in [-0.05, 0) is 30.9 Å². The first kappa shape index (κ1) is 11.9. The SMILES string of the molecule is CN(CC1CC(O)C1)c1ccc(C(=N)N)cn1. The summed E-state index contributed by atoms with van der Waals surface area (Å²) in [7, 11) is 1.99. The van der Waals surface area contributed by atoms with E-state index in [1.165, 1.54) is 0 Å². The van der Waals surface area contributed by atoms with Crippen LogP contribution in [0.15, 0.2) is 18.3 Å². The molecule has 1 heterocycles. The molecule has 0 unspecified atom stereocenters. The van der Waals surface area contributed by atoms with E-state index in [9.17, 15) is 5.11 Å². The van der Waals surface area contributed by atoms with Crippen LogP contribution in [-0.4, -0.2) is 35.6 Å². The second kappa shape index (κ2) is 4.71. The highest BCUT2D eigenvalue weighted by Crippen LogP contribution is 2.28. The largest absolute Gasteiger partial charge is 0.393 e. The highest BCUT2D eigenvalue weighted by molar-refractivity contribution is 5.94. The van der Waals surface area contributed by atoms with E-state index in [0.717, 1.165) is 25.2 Å². The molecule has 1 fully saturated rings. The average Bonchev–Trinajstić information content (AvgIpc) is 2.27. The van der Waals surface area contributed by atoms with Gasteiger partial charge in [0.25, 0.3) is 0 Å². The number of aliphatic hydroxyl groups is 1. The quantitative estimate of drug-likeness (QED) is 0.525. The third kappa shape index (κ3) is 2.74. The molecule has 0 aliphatic heterocycles. The number of amidine groups is 1. The van der Waals surface area contributed by atoms with Crippen molar-refractivity contribution < 1.29 is 5.11 Å². The van der Waals surface area contributed by atoms with Gasteiger partial charge in [-0.2, -0.15) is 0 Å². The topological polar surface area (TPSA) is 86.2 Å². The van der Waals surface area contributed by atoms with Crippen molar-refractivity contribution in [1.82, 2.24) is 4.98 Å². The third-order valence-electron chi connectivity index (χ3n) is 3.19. The Kier molecular flexibility index (Phi) is 3.28. The maximum absolute atomic E-state index is 9.23. The van der Waals surface area contributed by atoms with E-state index >= 15 is 0 Å². The molecule has 4 N–H and O–H groups in total. The van der Waals surface area contributed by atoms with Gasteiger partial charge in [-0.15, -0.1) is 0 Å². The summed E-state index contributed by atoms with van der Waals surface area (Å²) < 4.78 is 0. The lowest BCUT2D eigenvalue weighted by Gasteiger charge is -2.34. The summed E-state index contributed by atoms with van der Waals surface area (Å²) in [5.41, 5.74) is 6.01. The summed E-state index contributed by atoms with van der Waals surface area (Å²) in [5.74, 6) is 1.47. The Morgan fingerprint density at radius 3 is 2.76 bits per heavy atom. The van der Waals surface area contributed by atoms with Crippen LogP contribution in [-0.2, 0) is 0 Å². The van der Waals surface area contributed by atoms with Crippen LogP contribution in [0.2, 0.25) is 0 Å². The number of nitrogen functional groups attached to an aromatic ring is 1. The molecule has 1 saturated carbocycles. The summed E-state index contributed by atoms with van der Waals surface area (Å²) in [5, 5.41) is 16.5. The molecule has 1 aromatic rings. The molecule has 0 amide bonds. The molecule has 1 aliphatic carbocycles. The minimum atomic E-state index is -0.110. The zero-order valence-corrected chi connectivity index (χ0v) is 9.93. The van der Waals surface area contributed by atoms with Crippen molar-refractivity contribution in [3.63, 3.8) is 0 Å². The molecule has 0 radical (unpaired) electrons. The van der Waals surface area contributed by atoms with Gasteiger partial charge in [0.2, 0.25) is 0 Å². The van der Waals surface area contributed by atoms with Crippen LogP contribution in [0.4, 0.5) is 5.82 Å². The fraction of sp³-hybridized carbons (Fsp3) is 0.500. The van der Waals surface area contributed by atoms with E-state index in [1.807, 2.05) is 13.1 Å². The lowest BCUT2D eigenvalue weighted by Crippen LogP contribution is -2.37. The molecule has 2 rings (SSSR count). The van der Waals surface area contributed by atoms with Gasteiger partial charge in [0.1, 0.15) is 11.7 Å². The maximum atomic E-state index is 9.23. The van der Waals surface area contributed by atoms with Gasteiger partial charge in [-0.25, -0.2) is 4.98 Å². The van der Waals surface area contributed by atoms with E-state index in [-0.39, 0.29) is 11.9 Å². The third-order valence-corrected chi connectivity index (χ3v) is 3.19. The number of anilines is 1. The molecule has 5 heteroatoms. The second-order valence-corrected chi connectivity index (χ2v) is 4.69. The number of nitrogens with two attached hydrogens (primary N) is 1. The van der Waals surface area contributed by atoms with Crippen LogP contribution in [0, 0.1) is 11.3 Å². The Morgan fingerprint density at radius 2 is 2.29 bits per heavy atom. The molecular formula is C12H18N4O. The van der Waals surface area contributed by atoms with Crippen LogP contribution in [0.5, 0.6) is 0 Å². The number of nitrogens with one attached hydrogen (secondary N) is 1. The minimum absolute atomic E-state index is 0.0359. The summed E-state index contributed by atoms with van der Waals surface area (Å²) >= 11 is 0. The monoisotopic (exact) mass is 234 g/mol. The summed E-state index contributed by atoms with van der Waals surface area (Å²) in [4.78, 5) is 6.34. The molecule has 5 nitrogen and oxygen atoms in total. The highest BCUT2D eigenvalue weighted by atomic mass is 16.3. The van der Waals surface area contributed by atoms with Gasteiger partial charge < -0.3 is 15.7 Å². The van der Waals surface area contributed by atoms with Crippen LogP contribution in [0.1, 0.15) is 18.4 Å². The molecule has 0 bridgehead atoms. The first-order chi connectivity index (χ1) is 8.06. The lowest BCUT2D eigenvalue weighted by molar-refractivity contribution is 0.0464. The first-order valence-corrected chi connectivity index (χ1v) is 5.76. The molecule has 0 atom stereocenters. The Hall–Kier alpha value is -1.62. The van der Waals surface area contributed by atoms with Crippen LogP contribution < -0.4 is 10.6 Å². The summed E-state index contributed by atoms with van der Waals surface area (Å²) in [6.07, 6.45) is 3.27. The van der Waals surface area contributed by atoms with Crippen molar-refractivity contribution in [2.24, 2.45) is 11.7 Å². The van der Waals surface area contributed by atoms with Crippen molar-refractivity contribution in [3.05, 3.63) is 23.9 Å². The predicted octanol–water partition coefficient (Wildman–Crippen LogP) is 0.573. The van der Waals surface area contributed by atoms with Crippen LogP contribution in [0.3, 0.4) is 0 Å². The lowest BCUT2D eigenvalue weighted by atomic mass is 9.82. The number of hydrogen-bond acceptors (Lipinski definition) is 4. The van der Waals surface area contributed by atoms with Crippen LogP contribution >= 0.6 is 0 Å². The Bertz CT molecular complexity index is 397. The normalized spacial score (nSPS) is 22.9. The van der Waals surface area contributed by atoms with Crippen molar-refractivity contribution in [3.8, 4) is 0 Å². The molecule has 1 aromatic heterocycles. The molecule has 1 aliphatic rings. The maximum Gasteiger partial charge on any atom is 0.128 e. The molecule has 0 spiro atoms. The van der Waals surface area contributed by atoms with Crippen molar-refractivity contribution in [1.29, 1.82) is 5.41 Å². The molecule has 92 valence electrons. The Morgan fingerprint density at radius 1 is 1.59 bits per heavy atom. The van der Waals surface area contributed by atoms with E-state index in [0.29, 0.717) is 11.5 Å². The van der Waals surface area contributed by atoms with E-state index in [2.05, 4.69) is 9.88 Å². The highest BCUT2D eigenvalue weighted by Gasteiger charge is 2.28. The van der Waals surface area contributed by atoms with Crippen molar-refractivity contribution >= 4 is 11.7 Å². The number of pyridine rings is 1. The molecule has 0 saturated heterocycles. The smallest absolute Gasteiger partial charge is 0.128 e. The zero-order chi connectivity index (χ0) is 12.4. The van der Waals surface area contributed by atoms with E-state index < -0.39 is 0 Å². The zero-order valence-electron chi connectivity index (χ0n) is 9.93. The van der Waals surface area contributed by atoms with Crippen LogP contribution in [0.25, 0.3) is 0 Å². The van der Waals surface area contributed by atoms with E-state index in [4.69, 9.17) is 11.1 Å². The summed E-state index contributed by atoms with van der Waals surface area (Å²) in [6, 6.07) is 3.67. The number of aliphatic hydroxyl groups excluding tert-OH is 1. The number of nitrogens with zero attached hydrogens (tertiary/aromatic N) is 2. The van der Waals surface area contributed by atoms with Gasteiger partial charge in [0, 0.05) is 25.4 Å². The number of rotatable bonds is 4. The van der Waals surface area contributed by atoms with Gasteiger partial charge in [0.15, 0.2) is 0 Å². The molecule has 17 heavy (non-hydrogen) atoms. The minimum Gasteiger partial charge on any atom is -0.393 e. The molecule has 0 aromatic carbocycles. The van der Waals surface area contributed by atoms with Gasteiger partial charge in [-0.1, -0.05) is 0 Å². The Labute approximate surface area is 101 Å². The Balaban J connectivity index is 1.94. The second-order valence-electron chi connectivity index (χ2n) is 4.69. The summed E-state index contributed by atoms with van der Waals surface area (Å²) in [6.45, 7) is 0.906. The van der Waals surface area contributed by atoms with Gasteiger partial charge in [-0.3, -0.25) is 5.41 Å². The number of aromatic nitrogens is 1. The van der Waals surface area contributed by atoms with Crippen molar-refractivity contribution in [2.45, 2.75) is 18.9 Å².